The van der Waals surface area contributed by atoms with Crippen LogP contribution in [0.3, 0.4) is 0 Å². The molecule has 2 aromatic rings. The molecule has 116 valence electrons. The maximum absolute atomic E-state index is 11.6. The van der Waals surface area contributed by atoms with E-state index in [0.717, 1.165) is 17.7 Å². The van der Waals surface area contributed by atoms with Crippen LogP contribution in [0.15, 0.2) is 54.6 Å². The standard InChI is InChI=1S/C19H16INO2/c20-11-8-9-17-16(10-11)12-6-3-7-13(12)18(21-17)14-4-1-2-5-15(14)19(22)23/h1-6,8-10,12-13,18,21H,7H2,(H,22,23)/t12-,13+,18+/m0/s1. The molecule has 0 aromatic heterocycles. The molecule has 0 fully saturated rings. The first-order chi connectivity index (χ1) is 11.1. The van der Waals surface area contributed by atoms with Crippen molar-refractivity contribution in [2.75, 3.05) is 5.32 Å². The third-order valence-electron chi connectivity index (χ3n) is 4.85. The lowest BCUT2D eigenvalue weighted by Gasteiger charge is -2.38. The third kappa shape index (κ3) is 2.45. The molecule has 0 spiro atoms. The van der Waals surface area contributed by atoms with Crippen LogP contribution < -0.4 is 5.32 Å². The Hall–Kier alpha value is -1.82. The SMILES string of the molecule is O=C(O)c1ccccc1[C@@H]1Nc2ccc(I)cc2[C@H]2C=CC[C@H]21. The number of allylic oxidation sites excluding steroid dienone is 2. The molecule has 2 aliphatic rings. The van der Waals surface area contributed by atoms with E-state index >= 15 is 0 Å². The Balaban J connectivity index is 1.83. The van der Waals surface area contributed by atoms with Gasteiger partial charge in [-0.1, -0.05) is 30.4 Å². The summed E-state index contributed by atoms with van der Waals surface area (Å²) < 4.78 is 1.23. The number of carboxylic acid groups (broad SMARTS) is 1. The number of rotatable bonds is 2. The highest BCUT2D eigenvalue weighted by molar-refractivity contribution is 14.1. The lowest BCUT2D eigenvalue weighted by atomic mass is 9.76. The monoisotopic (exact) mass is 417 g/mol. The summed E-state index contributed by atoms with van der Waals surface area (Å²) in [6, 6.07) is 13.8. The molecular weight excluding hydrogens is 401 g/mol. The summed E-state index contributed by atoms with van der Waals surface area (Å²) in [5, 5.41) is 13.1. The second-order valence-electron chi connectivity index (χ2n) is 6.10. The van der Waals surface area contributed by atoms with E-state index in [1.54, 1.807) is 12.1 Å². The van der Waals surface area contributed by atoms with Crippen molar-refractivity contribution < 1.29 is 9.90 Å². The van der Waals surface area contributed by atoms with E-state index in [2.05, 4.69) is 58.3 Å². The van der Waals surface area contributed by atoms with Crippen molar-refractivity contribution in [2.24, 2.45) is 5.92 Å². The van der Waals surface area contributed by atoms with Crippen molar-refractivity contribution in [3.8, 4) is 0 Å². The van der Waals surface area contributed by atoms with Crippen molar-refractivity contribution in [1.82, 2.24) is 0 Å². The van der Waals surface area contributed by atoms with Gasteiger partial charge in [0, 0.05) is 15.2 Å². The van der Waals surface area contributed by atoms with Crippen LogP contribution in [0.1, 0.15) is 39.9 Å². The van der Waals surface area contributed by atoms with Crippen LogP contribution in [0.5, 0.6) is 0 Å². The molecule has 4 heteroatoms. The first-order valence-electron chi connectivity index (χ1n) is 7.70. The fraction of sp³-hybridized carbons (Fsp3) is 0.211. The lowest BCUT2D eigenvalue weighted by Crippen LogP contribution is -2.30. The predicted molar refractivity (Wildman–Crippen MR) is 98.9 cm³/mol. The molecule has 2 N–H and O–H groups in total. The highest BCUT2D eigenvalue weighted by Gasteiger charge is 2.39. The van der Waals surface area contributed by atoms with Crippen molar-refractivity contribution in [1.29, 1.82) is 0 Å². The number of fused-ring (bicyclic) bond motifs is 3. The molecule has 23 heavy (non-hydrogen) atoms. The molecule has 3 nitrogen and oxygen atoms in total. The topological polar surface area (TPSA) is 49.3 Å². The fourth-order valence-corrected chi connectivity index (χ4v) is 4.35. The third-order valence-corrected chi connectivity index (χ3v) is 5.52. The van der Waals surface area contributed by atoms with E-state index in [1.807, 2.05) is 12.1 Å². The smallest absolute Gasteiger partial charge is 0.336 e. The Labute approximate surface area is 148 Å². The minimum atomic E-state index is -0.863. The summed E-state index contributed by atoms with van der Waals surface area (Å²) in [5.74, 6) is -0.146. The predicted octanol–water partition coefficient (Wildman–Crippen LogP) is 4.82. The minimum Gasteiger partial charge on any atom is -0.478 e. The number of nitrogens with one attached hydrogen (secondary N) is 1. The number of hydrogen-bond acceptors (Lipinski definition) is 2. The van der Waals surface area contributed by atoms with Gasteiger partial charge in [-0.05, 0) is 70.3 Å². The van der Waals surface area contributed by atoms with Gasteiger partial charge < -0.3 is 10.4 Å². The zero-order valence-corrected chi connectivity index (χ0v) is 14.5. The summed E-state index contributed by atoms with van der Waals surface area (Å²) in [6.07, 6.45) is 5.47. The maximum Gasteiger partial charge on any atom is 0.336 e. The highest BCUT2D eigenvalue weighted by atomic mass is 127. The Morgan fingerprint density at radius 1 is 1.17 bits per heavy atom. The molecule has 3 atom stereocenters. The van der Waals surface area contributed by atoms with Crippen molar-refractivity contribution >= 4 is 34.2 Å². The molecule has 0 saturated carbocycles. The van der Waals surface area contributed by atoms with Gasteiger partial charge in [0.1, 0.15) is 0 Å². The van der Waals surface area contributed by atoms with Gasteiger partial charge in [0.25, 0.3) is 0 Å². The normalized spacial score (nSPS) is 24.7. The zero-order chi connectivity index (χ0) is 16.0. The average molecular weight is 417 g/mol. The van der Waals surface area contributed by atoms with E-state index in [-0.39, 0.29) is 6.04 Å². The first kappa shape index (κ1) is 14.8. The van der Waals surface area contributed by atoms with Gasteiger partial charge in [0.2, 0.25) is 0 Å². The van der Waals surface area contributed by atoms with E-state index < -0.39 is 5.97 Å². The molecule has 0 radical (unpaired) electrons. The average Bonchev–Trinajstić information content (AvgIpc) is 3.04. The van der Waals surface area contributed by atoms with Crippen molar-refractivity contribution in [2.45, 2.75) is 18.4 Å². The molecule has 1 aliphatic carbocycles. The van der Waals surface area contributed by atoms with Crippen LogP contribution in [0.25, 0.3) is 0 Å². The van der Waals surface area contributed by atoms with Gasteiger partial charge in [-0.3, -0.25) is 0 Å². The second kappa shape index (κ2) is 5.67. The van der Waals surface area contributed by atoms with Crippen LogP contribution in [0.2, 0.25) is 0 Å². The molecule has 1 aliphatic heterocycles. The summed E-state index contributed by atoms with van der Waals surface area (Å²) in [7, 11) is 0. The Kier molecular flexibility index (Phi) is 3.64. The van der Waals surface area contributed by atoms with E-state index in [1.165, 1.54) is 9.13 Å². The van der Waals surface area contributed by atoms with Gasteiger partial charge in [-0.25, -0.2) is 4.79 Å². The number of carbonyl (C=O) groups is 1. The number of halogens is 1. The van der Waals surface area contributed by atoms with Gasteiger partial charge in [0.05, 0.1) is 11.6 Å². The molecule has 1 heterocycles. The second-order valence-corrected chi connectivity index (χ2v) is 7.35. The van der Waals surface area contributed by atoms with E-state index in [0.29, 0.717) is 17.4 Å². The van der Waals surface area contributed by atoms with E-state index in [9.17, 15) is 9.90 Å². The molecule has 0 saturated heterocycles. The highest BCUT2D eigenvalue weighted by Crippen LogP contribution is 2.50. The van der Waals surface area contributed by atoms with Crippen molar-refractivity contribution in [3.63, 3.8) is 0 Å². The van der Waals surface area contributed by atoms with Gasteiger partial charge >= 0.3 is 5.97 Å². The van der Waals surface area contributed by atoms with Crippen LogP contribution in [-0.2, 0) is 0 Å². The summed E-state index contributed by atoms with van der Waals surface area (Å²) >= 11 is 2.34. The number of anilines is 1. The molecule has 0 unspecified atom stereocenters. The number of benzene rings is 2. The van der Waals surface area contributed by atoms with Crippen LogP contribution in [0, 0.1) is 9.49 Å². The maximum atomic E-state index is 11.6. The Morgan fingerprint density at radius 3 is 2.83 bits per heavy atom. The zero-order valence-electron chi connectivity index (χ0n) is 12.4. The van der Waals surface area contributed by atoms with Crippen LogP contribution >= 0.6 is 22.6 Å². The molecule has 0 amide bonds. The van der Waals surface area contributed by atoms with E-state index in [4.69, 9.17) is 0 Å². The van der Waals surface area contributed by atoms with Gasteiger partial charge in [-0.15, -0.1) is 0 Å². The Morgan fingerprint density at radius 2 is 2.00 bits per heavy atom. The van der Waals surface area contributed by atoms with Gasteiger partial charge in [0.15, 0.2) is 0 Å². The lowest BCUT2D eigenvalue weighted by molar-refractivity contribution is 0.0694. The van der Waals surface area contributed by atoms with Gasteiger partial charge in [-0.2, -0.15) is 0 Å². The molecular formula is C19H16INO2. The number of hydrogen-bond donors (Lipinski definition) is 2. The first-order valence-corrected chi connectivity index (χ1v) is 8.78. The van der Waals surface area contributed by atoms with Crippen LogP contribution in [-0.4, -0.2) is 11.1 Å². The minimum absolute atomic E-state index is 0.0230. The number of carboxylic acids is 1. The largest absolute Gasteiger partial charge is 0.478 e. The quantitative estimate of drug-likeness (QED) is 0.545. The summed E-state index contributed by atoms with van der Waals surface area (Å²) in [5.41, 5.74) is 3.70. The molecule has 4 rings (SSSR count). The van der Waals surface area contributed by atoms with Crippen LogP contribution in [0.4, 0.5) is 5.69 Å². The summed E-state index contributed by atoms with van der Waals surface area (Å²) in [4.78, 5) is 11.6. The Bertz CT molecular complexity index is 815. The molecule has 2 aromatic carbocycles. The summed E-state index contributed by atoms with van der Waals surface area (Å²) in [6.45, 7) is 0. The molecule has 0 bridgehead atoms. The number of aromatic carboxylic acids is 1. The van der Waals surface area contributed by atoms with Crippen molar-refractivity contribution in [3.05, 3.63) is 74.9 Å². The fourth-order valence-electron chi connectivity index (χ4n) is 3.84.